The first-order valence-electron chi connectivity index (χ1n) is 15.2. The first kappa shape index (κ1) is 31.8. The minimum Gasteiger partial charge on any atom is -0.497 e. The molecule has 0 saturated heterocycles. The number of benzene rings is 4. The summed E-state index contributed by atoms with van der Waals surface area (Å²) in [5, 5.41) is 2.77. The van der Waals surface area contributed by atoms with Crippen molar-refractivity contribution in [3.63, 3.8) is 0 Å². The fourth-order valence-corrected chi connectivity index (χ4v) is 5.80. The maximum atomic E-state index is 13.9. The van der Waals surface area contributed by atoms with Gasteiger partial charge in [-0.05, 0) is 80.1 Å². The number of methoxy groups -OCH3 is 1. The van der Waals surface area contributed by atoms with Crippen LogP contribution < -0.4 is 10.1 Å². The minimum absolute atomic E-state index is 0.113. The lowest BCUT2D eigenvalue weighted by atomic mass is 9.98. The molecule has 1 N–H and O–H groups in total. The fraction of sp³-hybridized carbons (Fsp3) is 0.316. The molecule has 4 aromatic carbocycles. The molecule has 0 heterocycles. The summed E-state index contributed by atoms with van der Waals surface area (Å²) in [6.07, 6.45) is -2.16. The lowest BCUT2D eigenvalue weighted by Crippen LogP contribution is -2.51. The second kappa shape index (κ2) is 13.6. The van der Waals surface area contributed by atoms with E-state index in [0.717, 1.165) is 38.9 Å². The van der Waals surface area contributed by atoms with Crippen LogP contribution in [0.1, 0.15) is 67.5 Å². The fourth-order valence-electron chi connectivity index (χ4n) is 5.80. The van der Waals surface area contributed by atoms with Crippen LogP contribution in [0.25, 0.3) is 11.1 Å². The Morgan fingerprint density at radius 2 is 1.33 bits per heavy atom. The highest BCUT2D eigenvalue weighted by Crippen LogP contribution is 2.44. The number of aryl methyl sites for hydroxylation is 1. The van der Waals surface area contributed by atoms with Gasteiger partial charge >= 0.3 is 12.1 Å². The van der Waals surface area contributed by atoms with Gasteiger partial charge in [-0.25, -0.2) is 9.59 Å². The number of hydrogen-bond acceptors (Lipinski definition) is 6. The van der Waals surface area contributed by atoms with Crippen LogP contribution >= 0.6 is 0 Å². The van der Waals surface area contributed by atoms with Gasteiger partial charge in [0.25, 0.3) is 0 Å². The SMILES string of the molecule is COc1ccc(C(OC(=O)[C@@H](NC(=O)OCC2c3ccccc3-c3ccccc32)[C@@H](C)OC(C)(C)C)c2ccc(C)cc2)cc1. The Morgan fingerprint density at radius 1 is 0.800 bits per heavy atom. The van der Waals surface area contributed by atoms with Gasteiger partial charge in [-0.1, -0.05) is 90.5 Å². The lowest BCUT2D eigenvalue weighted by Gasteiger charge is -2.31. The molecule has 7 heteroatoms. The number of esters is 1. The van der Waals surface area contributed by atoms with Crippen LogP contribution in [-0.2, 0) is 19.0 Å². The number of nitrogens with one attached hydrogen (secondary N) is 1. The Kier molecular flexibility index (Phi) is 9.59. The summed E-state index contributed by atoms with van der Waals surface area (Å²) in [6.45, 7) is 9.55. The summed E-state index contributed by atoms with van der Waals surface area (Å²) >= 11 is 0. The van der Waals surface area contributed by atoms with Crippen LogP contribution in [0.2, 0.25) is 0 Å². The predicted molar refractivity (Wildman–Crippen MR) is 174 cm³/mol. The quantitative estimate of drug-likeness (QED) is 0.186. The molecule has 0 radical (unpaired) electrons. The summed E-state index contributed by atoms with van der Waals surface area (Å²) in [5.74, 6) is -0.0610. The Morgan fingerprint density at radius 3 is 1.87 bits per heavy atom. The number of amides is 1. The van der Waals surface area contributed by atoms with Gasteiger partial charge in [-0.2, -0.15) is 0 Å². The molecule has 4 aromatic rings. The molecule has 3 atom stereocenters. The largest absolute Gasteiger partial charge is 0.497 e. The number of carbonyl (C=O) groups is 2. The first-order chi connectivity index (χ1) is 21.5. The summed E-state index contributed by atoms with van der Waals surface area (Å²) in [6, 6.07) is 30.3. The molecule has 0 bridgehead atoms. The van der Waals surface area contributed by atoms with Gasteiger partial charge in [0.2, 0.25) is 0 Å². The van der Waals surface area contributed by atoms with Crippen molar-refractivity contribution in [1.82, 2.24) is 5.32 Å². The molecule has 5 rings (SSSR count). The van der Waals surface area contributed by atoms with E-state index in [1.807, 2.05) is 100 Å². The van der Waals surface area contributed by atoms with Crippen molar-refractivity contribution in [2.45, 2.75) is 64.4 Å². The molecule has 1 unspecified atom stereocenters. The van der Waals surface area contributed by atoms with Crippen molar-refractivity contribution in [3.05, 3.63) is 125 Å². The minimum atomic E-state index is -1.13. The number of alkyl carbamates (subject to hydrolysis) is 1. The van der Waals surface area contributed by atoms with Crippen molar-refractivity contribution < 1.29 is 28.5 Å². The van der Waals surface area contributed by atoms with Crippen molar-refractivity contribution in [2.24, 2.45) is 0 Å². The topological polar surface area (TPSA) is 83.1 Å². The van der Waals surface area contributed by atoms with E-state index < -0.39 is 35.9 Å². The van der Waals surface area contributed by atoms with Gasteiger partial charge in [0.1, 0.15) is 12.4 Å². The molecule has 45 heavy (non-hydrogen) atoms. The summed E-state index contributed by atoms with van der Waals surface area (Å²) < 4.78 is 23.4. The van der Waals surface area contributed by atoms with Gasteiger partial charge < -0.3 is 24.3 Å². The van der Waals surface area contributed by atoms with Crippen LogP contribution in [0.5, 0.6) is 5.75 Å². The van der Waals surface area contributed by atoms with E-state index in [1.165, 1.54) is 0 Å². The second-order valence-electron chi connectivity index (χ2n) is 12.4. The van der Waals surface area contributed by atoms with E-state index in [4.69, 9.17) is 18.9 Å². The summed E-state index contributed by atoms with van der Waals surface area (Å²) in [5.41, 5.74) is 6.54. The van der Waals surface area contributed by atoms with E-state index in [-0.39, 0.29) is 12.5 Å². The number of fused-ring (bicyclic) bond motifs is 3. The molecule has 0 aliphatic heterocycles. The molecular weight excluding hydrogens is 566 g/mol. The average Bonchev–Trinajstić information content (AvgIpc) is 3.34. The zero-order valence-corrected chi connectivity index (χ0v) is 26.7. The van der Waals surface area contributed by atoms with Crippen LogP contribution in [-0.4, -0.2) is 43.5 Å². The van der Waals surface area contributed by atoms with Crippen LogP contribution in [0.3, 0.4) is 0 Å². The first-order valence-corrected chi connectivity index (χ1v) is 15.2. The number of rotatable bonds is 10. The van der Waals surface area contributed by atoms with Gasteiger partial charge in [0, 0.05) is 5.92 Å². The standard InChI is InChI=1S/C38H41NO6/c1-24-15-17-26(18-16-24)35(27-19-21-28(42-6)22-20-27)44-36(40)34(25(2)45-38(3,4)5)39-37(41)43-23-33-31-13-9-7-11-29(31)30-12-8-10-14-32(30)33/h7-22,25,33-35H,23H2,1-6H3,(H,39,41)/t25-,34+,35?/m1/s1. The molecule has 0 aromatic heterocycles. The smallest absolute Gasteiger partial charge is 0.407 e. The molecule has 0 saturated carbocycles. The average molecular weight is 608 g/mol. The van der Waals surface area contributed by atoms with E-state index in [1.54, 1.807) is 14.0 Å². The van der Waals surface area contributed by atoms with Crippen molar-refractivity contribution >= 4 is 12.1 Å². The molecule has 7 nitrogen and oxygen atoms in total. The van der Waals surface area contributed by atoms with Gasteiger partial charge in [0.15, 0.2) is 12.1 Å². The lowest BCUT2D eigenvalue weighted by molar-refractivity contribution is -0.157. The van der Waals surface area contributed by atoms with Crippen LogP contribution in [0.4, 0.5) is 4.79 Å². The van der Waals surface area contributed by atoms with E-state index in [0.29, 0.717) is 5.75 Å². The van der Waals surface area contributed by atoms with E-state index in [2.05, 4.69) is 29.6 Å². The third-order valence-electron chi connectivity index (χ3n) is 7.91. The number of carbonyl (C=O) groups excluding carboxylic acids is 2. The zero-order chi connectivity index (χ0) is 32.1. The highest BCUT2D eigenvalue weighted by atomic mass is 16.6. The number of hydrogen-bond donors (Lipinski definition) is 1. The third kappa shape index (κ3) is 7.55. The maximum absolute atomic E-state index is 13.9. The highest BCUT2D eigenvalue weighted by molar-refractivity contribution is 5.83. The number of ether oxygens (including phenoxy) is 4. The van der Waals surface area contributed by atoms with Gasteiger partial charge in [-0.3, -0.25) is 0 Å². The molecule has 0 spiro atoms. The van der Waals surface area contributed by atoms with Crippen LogP contribution in [0.15, 0.2) is 97.1 Å². The monoisotopic (exact) mass is 607 g/mol. The van der Waals surface area contributed by atoms with E-state index >= 15 is 0 Å². The van der Waals surface area contributed by atoms with Crippen molar-refractivity contribution in [2.75, 3.05) is 13.7 Å². The molecule has 1 aliphatic rings. The molecule has 1 amide bonds. The molecule has 1 aliphatic carbocycles. The summed E-state index contributed by atoms with van der Waals surface area (Å²) in [7, 11) is 1.60. The highest BCUT2D eigenvalue weighted by Gasteiger charge is 2.35. The van der Waals surface area contributed by atoms with Gasteiger partial charge in [-0.15, -0.1) is 0 Å². The zero-order valence-electron chi connectivity index (χ0n) is 26.7. The molecule has 234 valence electrons. The van der Waals surface area contributed by atoms with Crippen molar-refractivity contribution in [1.29, 1.82) is 0 Å². The normalized spacial score (nSPS) is 14.4. The third-order valence-corrected chi connectivity index (χ3v) is 7.91. The van der Waals surface area contributed by atoms with Crippen LogP contribution in [0, 0.1) is 6.92 Å². The predicted octanol–water partition coefficient (Wildman–Crippen LogP) is 7.75. The second-order valence-corrected chi connectivity index (χ2v) is 12.4. The Balaban J connectivity index is 1.36. The summed E-state index contributed by atoms with van der Waals surface area (Å²) in [4.78, 5) is 27.3. The van der Waals surface area contributed by atoms with E-state index in [9.17, 15) is 9.59 Å². The Bertz CT molecular complexity index is 1580. The Labute approximate surface area is 265 Å². The van der Waals surface area contributed by atoms with Gasteiger partial charge in [0.05, 0.1) is 18.8 Å². The Hall–Kier alpha value is -4.62. The molecular formula is C38H41NO6. The molecule has 0 fully saturated rings. The van der Waals surface area contributed by atoms with Crippen molar-refractivity contribution in [3.8, 4) is 16.9 Å². The maximum Gasteiger partial charge on any atom is 0.407 e.